The maximum Gasteiger partial charge on any atom is 0.240 e. The number of nitrogens with zero attached hydrogens (tertiary/aromatic N) is 3. The SMILES string of the molecule is C[C@@H]1COCCN1CC(=O)N(C)c1ccc2sc3c(-c4cccc5c(=O)cc(N6CCOCC6)oc45)cccc3c2c1. The van der Waals surface area contributed by atoms with Gasteiger partial charge in [0.1, 0.15) is 5.58 Å². The number of anilines is 2. The van der Waals surface area contributed by atoms with Crippen LogP contribution in [0.15, 0.2) is 69.9 Å². The summed E-state index contributed by atoms with van der Waals surface area (Å²) in [6.45, 7) is 7.14. The van der Waals surface area contributed by atoms with Crippen LogP contribution in [0.3, 0.4) is 0 Å². The number of carbonyl (C=O) groups excluding carboxylic acids is 1. The molecule has 0 radical (unpaired) electrons. The Labute approximate surface area is 247 Å². The van der Waals surface area contributed by atoms with Crippen molar-refractivity contribution >= 4 is 60.0 Å². The highest BCUT2D eigenvalue weighted by Crippen LogP contribution is 2.42. The highest BCUT2D eigenvalue weighted by atomic mass is 32.1. The summed E-state index contributed by atoms with van der Waals surface area (Å²) in [4.78, 5) is 32.4. The molecule has 216 valence electrons. The summed E-state index contributed by atoms with van der Waals surface area (Å²) in [6.07, 6.45) is 0. The fraction of sp³-hybridized carbons (Fsp3) is 0.333. The first-order chi connectivity index (χ1) is 20.5. The third-order valence-corrected chi connectivity index (χ3v) is 9.66. The normalized spacial score (nSPS) is 18.2. The highest BCUT2D eigenvalue weighted by molar-refractivity contribution is 7.26. The van der Waals surface area contributed by atoms with E-state index in [2.05, 4.69) is 41.0 Å². The van der Waals surface area contributed by atoms with Crippen molar-refractivity contribution < 1.29 is 18.7 Å². The molecular formula is C33H33N3O5S. The summed E-state index contributed by atoms with van der Waals surface area (Å²) in [6, 6.07) is 20.1. The predicted octanol–water partition coefficient (Wildman–Crippen LogP) is 5.35. The Morgan fingerprint density at radius 1 is 0.929 bits per heavy atom. The van der Waals surface area contributed by atoms with E-state index in [4.69, 9.17) is 13.9 Å². The van der Waals surface area contributed by atoms with Crippen molar-refractivity contribution in [2.75, 3.05) is 69.5 Å². The van der Waals surface area contributed by atoms with Crippen LogP contribution in [0.4, 0.5) is 11.6 Å². The summed E-state index contributed by atoms with van der Waals surface area (Å²) in [7, 11) is 1.85. The Hall–Kier alpha value is -3.76. The molecule has 2 aliphatic heterocycles. The van der Waals surface area contributed by atoms with E-state index in [1.54, 1.807) is 22.3 Å². The van der Waals surface area contributed by atoms with Gasteiger partial charge in [-0.15, -0.1) is 11.3 Å². The lowest BCUT2D eigenvalue weighted by atomic mass is 10.0. The number of benzene rings is 3. The molecule has 7 rings (SSSR count). The molecule has 0 unspecified atom stereocenters. The van der Waals surface area contributed by atoms with Crippen molar-refractivity contribution in [2.45, 2.75) is 13.0 Å². The number of fused-ring (bicyclic) bond motifs is 4. The fourth-order valence-corrected chi connectivity index (χ4v) is 7.15. The number of hydrogen-bond donors (Lipinski definition) is 0. The van der Waals surface area contributed by atoms with E-state index in [9.17, 15) is 9.59 Å². The molecule has 3 aromatic carbocycles. The fourth-order valence-electron chi connectivity index (χ4n) is 5.94. The first kappa shape index (κ1) is 27.1. The molecule has 4 heterocycles. The van der Waals surface area contributed by atoms with Gasteiger partial charge >= 0.3 is 0 Å². The lowest BCUT2D eigenvalue weighted by Crippen LogP contribution is -2.48. The lowest BCUT2D eigenvalue weighted by Gasteiger charge is -2.33. The molecule has 0 bridgehead atoms. The molecule has 9 heteroatoms. The molecule has 42 heavy (non-hydrogen) atoms. The van der Waals surface area contributed by atoms with E-state index in [0.717, 1.165) is 43.5 Å². The number of likely N-dealkylation sites (N-methyl/N-ethyl adjacent to an activating group) is 1. The first-order valence-corrected chi connectivity index (χ1v) is 15.2. The monoisotopic (exact) mass is 583 g/mol. The molecule has 0 spiro atoms. The second kappa shape index (κ2) is 11.1. The molecule has 0 saturated carbocycles. The van der Waals surface area contributed by atoms with Crippen LogP contribution in [-0.2, 0) is 14.3 Å². The molecule has 1 amide bonds. The van der Waals surface area contributed by atoms with Crippen molar-refractivity contribution in [3.05, 3.63) is 70.9 Å². The molecule has 5 aromatic rings. The summed E-state index contributed by atoms with van der Waals surface area (Å²) in [5.74, 6) is 0.640. The van der Waals surface area contributed by atoms with Crippen molar-refractivity contribution in [2.24, 2.45) is 0 Å². The summed E-state index contributed by atoms with van der Waals surface area (Å²) in [5, 5.41) is 2.78. The van der Waals surface area contributed by atoms with Gasteiger partial charge in [-0.1, -0.05) is 30.3 Å². The smallest absolute Gasteiger partial charge is 0.240 e. The van der Waals surface area contributed by atoms with Crippen LogP contribution in [-0.4, -0.2) is 76.5 Å². The van der Waals surface area contributed by atoms with Crippen molar-refractivity contribution in [1.29, 1.82) is 0 Å². The summed E-state index contributed by atoms with van der Waals surface area (Å²) >= 11 is 1.71. The standard InChI is InChI=1S/C33H33N3O5S/c1-21-20-40-16-13-36(21)19-30(38)34(2)22-9-10-29-27(17-22)25-7-4-6-24(33(25)42-29)23-5-3-8-26-28(37)18-31(41-32(23)26)35-11-14-39-15-12-35/h3-10,17-18,21H,11-16,19-20H2,1-2H3/t21-/m1/s1. The summed E-state index contributed by atoms with van der Waals surface area (Å²) in [5.41, 5.74) is 3.33. The Kier molecular flexibility index (Phi) is 7.19. The minimum atomic E-state index is -0.0491. The van der Waals surface area contributed by atoms with Gasteiger partial charge in [0.2, 0.25) is 5.91 Å². The molecular weight excluding hydrogens is 550 g/mol. The zero-order valence-electron chi connectivity index (χ0n) is 23.8. The van der Waals surface area contributed by atoms with Crippen LogP contribution < -0.4 is 15.2 Å². The van der Waals surface area contributed by atoms with Gasteiger partial charge in [0.15, 0.2) is 11.3 Å². The van der Waals surface area contributed by atoms with Crippen molar-refractivity contribution in [3.8, 4) is 11.1 Å². The third kappa shape index (κ3) is 4.86. The largest absolute Gasteiger partial charge is 0.440 e. The number of rotatable bonds is 5. The van der Waals surface area contributed by atoms with Gasteiger partial charge in [-0.05, 0) is 31.2 Å². The van der Waals surface area contributed by atoms with E-state index >= 15 is 0 Å². The molecule has 2 aliphatic rings. The number of amides is 1. The lowest BCUT2D eigenvalue weighted by molar-refractivity contribution is -0.121. The van der Waals surface area contributed by atoms with E-state index in [1.807, 2.05) is 37.4 Å². The highest BCUT2D eigenvalue weighted by Gasteiger charge is 2.24. The minimum absolute atomic E-state index is 0.0491. The number of carbonyl (C=O) groups is 1. The van der Waals surface area contributed by atoms with Crippen LogP contribution in [0.5, 0.6) is 0 Å². The minimum Gasteiger partial charge on any atom is -0.440 e. The molecule has 2 fully saturated rings. The molecule has 2 aromatic heterocycles. The van der Waals surface area contributed by atoms with Crippen LogP contribution in [0.1, 0.15) is 6.92 Å². The van der Waals surface area contributed by atoms with Gasteiger partial charge in [0.05, 0.1) is 38.4 Å². The Bertz CT molecular complexity index is 1860. The van der Waals surface area contributed by atoms with Crippen LogP contribution in [0.25, 0.3) is 42.3 Å². The molecule has 0 aliphatic carbocycles. The van der Waals surface area contributed by atoms with E-state index < -0.39 is 0 Å². The second-order valence-corrected chi connectivity index (χ2v) is 12.1. The number of para-hydroxylation sites is 1. The number of thiophene rings is 1. The molecule has 2 saturated heterocycles. The topological polar surface area (TPSA) is 75.5 Å². The van der Waals surface area contributed by atoms with Gasteiger partial charge in [-0.3, -0.25) is 14.5 Å². The average Bonchev–Trinajstić information content (AvgIpc) is 3.40. The number of ether oxygens (including phenoxy) is 2. The molecule has 1 atom stereocenters. The van der Waals surface area contributed by atoms with Crippen LogP contribution >= 0.6 is 11.3 Å². The number of morpholine rings is 2. The first-order valence-electron chi connectivity index (χ1n) is 14.4. The quantitative estimate of drug-likeness (QED) is 0.276. The molecule has 0 N–H and O–H groups in total. The second-order valence-electron chi connectivity index (χ2n) is 11.0. The van der Waals surface area contributed by atoms with E-state index in [0.29, 0.717) is 62.9 Å². The maximum atomic E-state index is 13.2. The van der Waals surface area contributed by atoms with Gasteiger partial charge in [-0.25, -0.2) is 0 Å². The van der Waals surface area contributed by atoms with Gasteiger partial charge < -0.3 is 23.7 Å². The van der Waals surface area contributed by atoms with Gasteiger partial charge in [0.25, 0.3) is 0 Å². The Balaban J connectivity index is 1.28. The van der Waals surface area contributed by atoms with Crippen LogP contribution in [0, 0.1) is 0 Å². The Morgan fingerprint density at radius 2 is 1.69 bits per heavy atom. The third-order valence-electron chi connectivity index (χ3n) is 8.44. The maximum absolute atomic E-state index is 13.2. The van der Waals surface area contributed by atoms with Gasteiger partial charge in [-0.2, -0.15) is 0 Å². The number of hydrogen-bond acceptors (Lipinski definition) is 8. The zero-order chi connectivity index (χ0) is 28.8. The van der Waals surface area contributed by atoms with Crippen molar-refractivity contribution in [1.82, 2.24) is 4.90 Å². The predicted molar refractivity (Wildman–Crippen MR) is 169 cm³/mol. The van der Waals surface area contributed by atoms with Gasteiger partial charge in [0, 0.05) is 75.8 Å². The summed E-state index contributed by atoms with van der Waals surface area (Å²) < 4.78 is 19.7. The van der Waals surface area contributed by atoms with Crippen LogP contribution in [0.2, 0.25) is 0 Å². The molecule has 8 nitrogen and oxygen atoms in total. The Morgan fingerprint density at radius 3 is 2.50 bits per heavy atom. The average molecular weight is 584 g/mol. The zero-order valence-corrected chi connectivity index (χ0v) is 24.6. The van der Waals surface area contributed by atoms with E-state index in [-0.39, 0.29) is 17.4 Å². The van der Waals surface area contributed by atoms with E-state index in [1.165, 1.54) is 0 Å². The van der Waals surface area contributed by atoms with Crippen molar-refractivity contribution in [3.63, 3.8) is 0 Å².